The third-order valence-corrected chi connectivity index (χ3v) is 4.92. The van der Waals surface area contributed by atoms with Crippen LogP contribution in [0.1, 0.15) is 43.5 Å². The van der Waals surface area contributed by atoms with Crippen molar-refractivity contribution in [3.05, 3.63) is 33.8 Å². The van der Waals surface area contributed by atoms with E-state index in [-0.39, 0.29) is 24.1 Å². The van der Waals surface area contributed by atoms with Crippen molar-refractivity contribution in [1.82, 2.24) is 5.32 Å². The summed E-state index contributed by atoms with van der Waals surface area (Å²) >= 11 is 11.7. The first kappa shape index (κ1) is 18.1. The number of halogens is 2. The van der Waals surface area contributed by atoms with Crippen LogP contribution in [0.3, 0.4) is 0 Å². The Hall–Kier alpha value is -1.26. The van der Waals surface area contributed by atoms with Gasteiger partial charge in [0.15, 0.2) is 6.61 Å². The van der Waals surface area contributed by atoms with Crippen LogP contribution in [0.4, 0.5) is 0 Å². The van der Waals surface area contributed by atoms with E-state index in [2.05, 4.69) is 19.2 Å². The zero-order valence-corrected chi connectivity index (χ0v) is 14.8. The van der Waals surface area contributed by atoms with E-state index in [1.807, 2.05) is 0 Å². The molecule has 1 aliphatic carbocycles. The van der Waals surface area contributed by atoms with Crippen LogP contribution < -0.4 is 5.32 Å². The standard InChI is InChI=1S/C17H21Cl2NO3/c1-10-4-3-5-15(11(10)2)20-16(21)9-23-17(22)12-6-13(18)8-14(19)7-12/h6-8,10-11,15H,3-5,9H2,1-2H3,(H,20,21)/t10-,11+,15+/m0/s1. The van der Waals surface area contributed by atoms with Crippen LogP contribution in [0.15, 0.2) is 18.2 Å². The monoisotopic (exact) mass is 357 g/mol. The summed E-state index contributed by atoms with van der Waals surface area (Å²) in [6, 6.07) is 4.58. The molecule has 0 aromatic heterocycles. The molecule has 1 aliphatic rings. The Bertz CT molecular complexity index is 571. The topological polar surface area (TPSA) is 55.4 Å². The first-order valence-electron chi connectivity index (χ1n) is 7.79. The zero-order valence-electron chi connectivity index (χ0n) is 13.3. The minimum atomic E-state index is -0.616. The molecule has 1 N–H and O–H groups in total. The molecular weight excluding hydrogens is 337 g/mol. The first-order chi connectivity index (χ1) is 10.9. The van der Waals surface area contributed by atoms with Crippen LogP contribution in [0.5, 0.6) is 0 Å². The van der Waals surface area contributed by atoms with Gasteiger partial charge in [0.25, 0.3) is 5.91 Å². The minimum Gasteiger partial charge on any atom is -0.452 e. The molecule has 6 heteroatoms. The van der Waals surface area contributed by atoms with Gasteiger partial charge in [-0.2, -0.15) is 0 Å². The van der Waals surface area contributed by atoms with E-state index in [1.165, 1.54) is 24.6 Å². The Morgan fingerprint density at radius 2 is 1.83 bits per heavy atom. The van der Waals surface area contributed by atoms with Gasteiger partial charge in [-0.1, -0.05) is 49.9 Å². The number of nitrogens with one attached hydrogen (secondary N) is 1. The number of carbonyl (C=O) groups is 2. The van der Waals surface area contributed by atoms with Crippen LogP contribution in [0.2, 0.25) is 10.0 Å². The lowest BCUT2D eigenvalue weighted by Gasteiger charge is -2.34. The number of esters is 1. The second kappa shape index (κ2) is 8.02. The van der Waals surface area contributed by atoms with Crippen molar-refractivity contribution in [1.29, 1.82) is 0 Å². The normalized spacial score (nSPS) is 24.1. The average molecular weight is 358 g/mol. The third kappa shape index (κ3) is 5.11. The molecular formula is C17H21Cl2NO3. The van der Waals surface area contributed by atoms with Gasteiger partial charge < -0.3 is 10.1 Å². The lowest BCUT2D eigenvalue weighted by Crippen LogP contribution is -2.45. The van der Waals surface area contributed by atoms with Gasteiger partial charge >= 0.3 is 5.97 Å². The predicted molar refractivity (Wildman–Crippen MR) is 90.9 cm³/mol. The van der Waals surface area contributed by atoms with Crippen LogP contribution in [0.25, 0.3) is 0 Å². The van der Waals surface area contributed by atoms with Gasteiger partial charge in [0.05, 0.1) is 5.56 Å². The number of hydrogen-bond donors (Lipinski definition) is 1. The summed E-state index contributed by atoms with van der Waals surface area (Å²) < 4.78 is 5.04. The van der Waals surface area contributed by atoms with E-state index in [0.29, 0.717) is 21.9 Å². The smallest absolute Gasteiger partial charge is 0.338 e. The maximum Gasteiger partial charge on any atom is 0.338 e. The highest BCUT2D eigenvalue weighted by Crippen LogP contribution is 2.29. The molecule has 0 aliphatic heterocycles. The summed E-state index contributed by atoms with van der Waals surface area (Å²) in [5.74, 6) is 0.118. The van der Waals surface area contributed by atoms with Gasteiger partial charge in [0.2, 0.25) is 0 Å². The fourth-order valence-electron chi connectivity index (χ4n) is 2.92. The summed E-state index contributed by atoms with van der Waals surface area (Å²) in [6.07, 6.45) is 3.27. The summed E-state index contributed by atoms with van der Waals surface area (Å²) in [6.45, 7) is 4.04. The molecule has 3 atom stereocenters. The summed E-state index contributed by atoms with van der Waals surface area (Å²) in [7, 11) is 0. The van der Waals surface area contributed by atoms with E-state index in [1.54, 1.807) is 0 Å². The first-order valence-corrected chi connectivity index (χ1v) is 8.55. The Morgan fingerprint density at radius 3 is 2.48 bits per heavy atom. The van der Waals surface area contributed by atoms with Crippen molar-refractivity contribution in [3.8, 4) is 0 Å². The zero-order chi connectivity index (χ0) is 17.0. The van der Waals surface area contributed by atoms with Crippen LogP contribution >= 0.6 is 23.2 Å². The van der Waals surface area contributed by atoms with Gasteiger partial charge in [-0.15, -0.1) is 0 Å². The van der Waals surface area contributed by atoms with E-state index < -0.39 is 5.97 Å². The molecule has 0 spiro atoms. The van der Waals surface area contributed by atoms with Crippen molar-refractivity contribution in [2.24, 2.45) is 11.8 Å². The molecule has 126 valence electrons. The molecule has 0 unspecified atom stereocenters. The Kier molecular flexibility index (Phi) is 6.31. The summed E-state index contributed by atoms with van der Waals surface area (Å²) in [5.41, 5.74) is 0.231. The summed E-state index contributed by atoms with van der Waals surface area (Å²) in [4.78, 5) is 23.9. The molecule has 4 nitrogen and oxygen atoms in total. The second-order valence-electron chi connectivity index (χ2n) is 6.18. The van der Waals surface area contributed by atoms with Crippen molar-refractivity contribution >= 4 is 35.1 Å². The average Bonchev–Trinajstić information content (AvgIpc) is 2.48. The fourth-order valence-corrected chi connectivity index (χ4v) is 3.45. The predicted octanol–water partition coefficient (Wildman–Crippen LogP) is 4.09. The molecule has 1 amide bonds. The van der Waals surface area contributed by atoms with E-state index >= 15 is 0 Å². The highest BCUT2D eigenvalue weighted by molar-refractivity contribution is 6.35. The number of benzene rings is 1. The lowest BCUT2D eigenvalue weighted by atomic mass is 9.78. The Balaban J connectivity index is 1.85. The Labute approximate surface area is 146 Å². The van der Waals surface area contributed by atoms with E-state index in [4.69, 9.17) is 27.9 Å². The quantitative estimate of drug-likeness (QED) is 0.825. The number of carbonyl (C=O) groups excluding carboxylic acids is 2. The van der Waals surface area contributed by atoms with Gasteiger partial charge in [-0.05, 0) is 36.5 Å². The Morgan fingerprint density at radius 1 is 1.17 bits per heavy atom. The molecule has 1 fully saturated rings. The molecule has 0 bridgehead atoms. The number of hydrogen-bond acceptors (Lipinski definition) is 3. The fraction of sp³-hybridized carbons (Fsp3) is 0.529. The van der Waals surface area contributed by atoms with Gasteiger partial charge in [0.1, 0.15) is 0 Å². The van der Waals surface area contributed by atoms with Crippen LogP contribution in [0, 0.1) is 11.8 Å². The van der Waals surface area contributed by atoms with Crippen molar-refractivity contribution in [3.63, 3.8) is 0 Å². The largest absolute Gasteiger partial charge is 0.452 e. The van der Waals surface area contributed by atoms with Crippen molar-refractivity contribution in [2.45, 2.75) is 39.2 Å². The van der Waals surface area contributed by atoms with E-state index in [0.717, 1.165) is 12.8 Å². The SMILES string of the molecule is C[C@@H]1[C@@H](C)CCC[C@H]1NC(=O)COC(=O)c1cc(Cl)cc(Cl)c1. The minimum absolute atomic E-state index is 0.144. The highest BCUT2D eigenvalue weighted by Gasteiger charge is 2.28. The number of rotatable bonds is 4. The molecule has 1 saturated carbocycles. The highest BCUT2D eigenvalue weighted by atomic mass is 35.5. The second-order valence-corrected chi connectivity index (χ2v) is 7.05. The molecule has 0 heterocycles. The summed E-state index contributed by atoms with van der Waals surface area (Å²) in [5, 5.41) is 3.65. The van der Waals surface area contributed by atoms with Crippen molar-refractivity contribution in [2.75, 3.05) is 6.61 Å². The molecule has 0 saturated heterocycles. The molecule has 1 aromatic carbocycles. The lowest BCUT2D eigenvalue weighted by molar-refractivity contribution is -0.125. The van der Waals surface area contributed by atoms with Gasteiger partial charge in [0, 0.05) is 16.1 Å². The third-order valence-electron chi connectivity index (χ3n) is 4.49. The van der Waals surface area contributed by atoms with Crippen LogP contribution in [-0.2, 0) is 9.53 Å². The molecule has 2 rings (SSSR count). The maximum atomic E-state index is 12.0. The molecule has 0 radical (unpaired) electrons. The van der Waals surface area contributed by atoms with Crippen molar-refractivity contribution < 1.29 is 14.3 Å². The number of amides is 1. The van der Waals surface area contributed by atoms with Crippen LogP contribution in [-0.4, -0.2) is 24.5 Å². The number of ether oxygens (including phenoxy) is 1. The van der Waals surface area contributed by atoms with E-state index in [9.17, 15) is 9.59 Å². The van der Waals surface area contributed by atoms with Gasteiger partial charge in [-0.3, -0.25) is 4.79 Å². The van der Waals surface area contributed by atoms with Gasteiger partial charge in [-0.25, -0.2) is 4.79 Å². The molecule has 1 aromatic rings. The maximum absolute atomic E-state index is 12.0. The molecule has 23 heavy (non-hydrogen) atoms.